The van der Waals surface area contributed by atoms with Gasteiger partial charge in [-0.2, -0.15) is 0 Å². The topological polar surface area (TPSA) is 85.6 Å². The molecular formula is C15H16N4O3S. The fraction of sp³-hybridized carbons (Fsp3) is 0.200. The van der Waals surface area contributed by atoms with Gasteiger partial charge in [-0.1, -0.05) is 30.3 Å². The number of sulfonamides is 1. The zero-order valence-corrected chi connectivity index (χ0v) is 13.3. The van der Waals surface area contributed by atoms with Crippen LogP contribution in [-0.4, -0.2) is 30.1 Å². The van der Waals surface area contributed by atoms with E-state index in [9.17, 15) is 8.42 Å². The van der Waals surface area contributed by atoms with Crippen molar-refractivity contribution in [2.45, 2.75) is 12.4 Å². The van der Waals surface area contributed by atoms with Crippen LogP contribution in [0.15, 0.2) is 48.7 Å². The van der Waals surface area contributed by atoms with Gasteiger partial charge >= 0.3 is 0 Å². The summed E-state index contributed by atoms with van der Waals surface area (Å²) in [5, 5.41) is 4.22. The van der Waals surface area contributed by atoms with Crippen LogP contribution in [0.3, 0.4) is 0 Å². The summed E-state index contributed by atoms with van der Waals surface area (Å²) in [6.45, 7) is 0.262. The van der Waals surface area contributed by atoms with Gasteiger partial charge < -0.3 is 4.74 Å². The average Bonchev–Trinajstić information content (AvgIpc) is 2.91. The van der Waals surface area contributed by atoms with Crippen molar-refractivity contribution in [2.24, 2.45) is 0 Å². The van der Waals surface area contributed by atoms with Gasteiger partial charge in [-0.25, -0.2) is 17.9 Å². The Bertz CT molecular complexity index is 907. The van der Waals surface area contributed by atoms with Gasteiger partial charge in [0.25, 0.3) is 0 Å². The fourth-order valence-electron chi connectivity index (χ4n) is 2.22. The van der Waals surface area contributed by atoms with E-state index in [2.05, 4.69) is 14.8 Å². The summed E-state index contributed by atoms with van der Waals surface area (Å²) in [5.41, 5.74) is 1.54. The van der Waals surface area contributed by atoms with E-state index < -0.39 is 10.0 Å². The van der Waals surface area contributed by atoms with Crippen molar-refractivity contribution >= 4 is 21.4 Å². The Morgan fingerprint density at radius 3 is 2.70 bits per heavy atom. The van der Waals surface area contributed by atoms with E-state index in [1.165, 1.54) is 4.52 Å². The largest absolute Gasteiger partial charge is 0.377 e. The maximum absolute atomic E-state index is 12.4. The lowest BCUT2D eigenvalue weighted by Gasteiger charge is -2.08. The van der Waals surface area contributed by atoms with Gasteiger partial charge in [-0.3, -0.25) is 4.72 Å². The second-order valence-electron chi connectivity index (χ2n) is 5.00. The van der Waals surface area contributed by atoms with Gasteiger partial charge in [0.1, 0.15) is 6.61 Å². The van der Waals surface area contributed by atoms with Crippen LogP contribution >= 0.6 is 0 Å². The first-order valence-electron chi connectivity index (χ1n) is 6.95. The standard InChI is InChI=1S/C15H16N4O3S/c1-22-10-14-16-15-13(8-5-9-19(15)17-14)18-23(20,21)11-12-6-3-2-4-7-12/h2-9,18H,10-11H2,1H3. The van der Waals surface area contributed by atoms with Gasteiger partial charge in [0.15, 0.2) is 11.5 Å². The van der Waals surface area contributed by atoms with Crippen molar-refractivity contribution in [1.82, 2.24) is 14.6 Å². The Morgan fingerprint density at radius 2 is 1.96 bits per heavy atom. The lowest BCUT2D eigenvalue weighted by Crippen LogP contribution is -2.15. The quantitative estimate of drug-likeness (QED) is 0.744. The highest BCUT2D eigenvalue weighted by Gasteiger charge is 2.15. The van der Waals surface area contributed by atoms with E-state index in [1.54, 1.807) is 49.7 Å². The fourth-order valence-corrected chi connectivity index (χ4v) is 3.42. The van der Waals surface area contributed by atoms with Crippen molar-refractivity contribution < 1.29 is 13.2 Å². The van der Waals surface area contributed by atoms with Crippen LogP contribution in [0.1, 0.15) is 11.4 Å². The smallest absolute Gasteiger partial charge is 0.237 e. The zero-order valence-electron chi connectivity index (χ0n) is 12.5. The molecule has 120 valence electrons. The molecule has 23 heavy (non-hydrogen) atoms. The lowest BCUT2D eigenvalue weighted by molar-refractivity contribution is 0.178. The number of rotatable bonds is 6. The van der Waals surface area contributed by atoms with Crippen molar-refractivity contribution in [3.05, 3.63) is 60.0 Å². The third-order valence-electron chi connectivity index (χ3n) is 3.14. The third kappa shape index (κ3) is 3.66. The molecule has 3 aromatic rings. The SMILES string of the molecule is COCc1nc2c(NS(=O)(=O)Cc3ccccc3)cccn2n1. The summed E-state index contributed by atoms with van der Waals surface area (Å²) in [6, 6.07) is 12.4. The molecule has 0 aliphatic carbocycles. The number of fused-ring (bicyclic) bond motifs is 1. The molecule has 2 heterocycles. The van der Waals surface area contributed by atoms with Crippen LogP contribution in [-0.2, 0) is 27.1 Å². The number of benzene rings is 1. The van der Waals surface area contributed by atoms with Gasteiger partial charge in [0.05, 0.1) is 11.4 Å². The minimum absolute atomic E-state index is 0.103. The third-order valence-corrected chi connectivity index (χ3v) is 4.39. The number of nitrogens with zero attached hydrogens (tertiary/aromatic N) is 3. The highest BCUT2D eigenvalue weighted by molar-refractivity contribution is 7.91. The molecule has 2 aromatic heterocycles. The Hall–Kier alpha value is -2.45. The minimum Gasteiger partial charge on any atom is -0.377 e. The molecule has 1 aromatic carbocycles. The molecule has 0 atom stereocenters. The van der Waals surface area contributed by atoms with E-state index in [0.717, 1.165) is 0 Å². The molecule has 0 amide bonds. The van der Waals surface area contributed by atoms with Crippen LogP contribution in [0.4, 0.5) is 5.69 Å². The van der Waals surface area contributed by atoms with Crippen LogP contribution in [0.5, 0.6) is 0 Å². The molecule has 1 N–H and O–H groups in total. The second kappa shape index (κ2) is 6.35. The summed E-state index contributed by atoms with van der Waals surface area (Å²) in [7, 11) is -1.99. The molecule has 0 spiro atoms. The molecule has 0 aliphatic rings. The maximum atomic E-state index is 12.4. The second-order valence-corrected chi connectivity index (χ2v) is 6.72. The first-order chi connectivity index (χ1) is 11.1. The number of ether oxygens (including phenoxy) is 1. The number of hydrogen-bond acceptors (Lipinski definition) is 5. The van der Waals surface area contributed by atoms with Crippen molar-refractivity contribution in [3.63, 3.8) is 0 Å². The summed E-state index contributed by atoms with van der Waals surface area (Å²) < 4.78 is 33.8. The summed E-state index contributed by atoms with van der Waals surface area (Å²) in [4.78, 5) is 4.29. The van der Waals surface area contributed by atoms with Crippen molar-refractivity contribution in [2.75, 3.05) is 11.8 Å². The lowest BCUT2D eigenvalue weighted by atomic mass is 10.2. The molecule has 3 rings (SSSR count). The van der Waals surface area contributed by atoms with Crippen molar-refractivity contribution in [1.29, 1.82) is 0 Å². The first-order valence-corrected chi connectivity index (χ1v) is 8.60. The number of hydrogen-bond donors (Lipinski definition) is 1. The van der Waals surface area contributed by atoms with E-state index in [-0.39, 0.29) is 12.4 Å². The zero-order chi connectivity index (χ0) is 16.3. The van der Waals surface area contributed by atoms with Gasteiger partial charge in [0, 0.05) is 13.3 Å². The number of aromatic nitrogens is 3. The number of anilines is 1. The Morgan fingerprint density at radius 1 is 1.17 bits per heavy atom. The maximum Gasteiger partial charge on any atom is 0.237 e. The molecule has 7 nitrogen and oxygen atoms in total. The molecule has 8 heteroatoms. The van der Waals surface area contributed by atoms with Crippen LogP contribution in [0, 0.1) is 0 Å². The van der Waals surface area contributed by atoms with E-state index in [0.29, 0.717) is 22.7 Å². The van der Waals surface area contributed by atoms with E-state index in [4.69, 9.17) is 4.74 Å². The predicted molar refractivity (Wildman–Crippen MR) is 86.4 cm³/mol. The Labute approximate surface area is 134 Å². The number of pyridine rings is 1. The van der Waals surface area contributed by atoms with Crippen LogP contribution < -0.4 is 4.72 Å². The summed E-state index contributed by atoms with van der Waals surface area (Å²) >= 11 is 0. The molecule has 0 unspecified atom stereocenters. The molecular weight excluding hydrogens is 316 g/mol. The molecule has 0 radical (unpaired) electrons. The molecule has 0 fully saturated rings. The highest BCUT2D eigenvalue weighted by Crippen LogP contribution is 2.18. The van der Waals surface area contributed by atoms with E-state index >= 15 is 0 Å². The summed E-state index contributed by atoms with van der Waals surface area (Å²) in [6.07, 6.45) is 1.70. The van der Waals surface area contributed by atoms with Gasteiger partial charge in [0.2, 0.25) is 10.0 Å². The van der Waals surface area contributed by atoms with Crippen LogP contribution in [0.25, 0.3) is 5.65 Å². The number of nitrogens with one attached hydrogen (secondary N) is 1. The van der Waals surface area contributed by atoms with Crippen LogP contribution in [0.2, 0.25) is 0 Å². The normalized spacial score (nSPS) is 11.7. The first kappa shape index (κ1) is 15.4. The molecule has 0 saturated heterocycles. The monoisotopic (exact) mass is 332 g/mol. The number of methoxy groups -OCH3 is 1. The summed E-state index contributed by atoms with van der Waals surface area (Å²) in [5.74, 6) is 0.385. The highest BCUT2D eigenvalue weighted by atomic mass is 32.2. The average molecular weight is 332 g/mol. The Balaban J connectivity index is 1.88. The van der Waals surface area contributed by atoms with Crippen molar-refractivity contribution in [3.8, 4) is 0 Å². The molecule has 0 saturated carbocycles. The van der Waals surface area contributed by atoms with Gasteiger partial charge in [-0.05, 0) is 17.7 Å². The predicted octanol–water partition coefficient (Wildman–Crippen LogP) is 1.82. The Kier molecular flexibility index (Phi) is 4.26. The molecule has 0 bridgehead atoms. The van der Waals surface area contributed by atoms with E-state index in [1.807, 2.05) is 6.07 Å². The minimum atomic E-state index is -3.54. The van der Waals surface area contributed by atoms with Gasteiger partial charge in [-0.15, -0.1) is 5.10 Å². The molecule has 0 aliphatic heterocycles.